The minimum absolute atomic E-state index is 0. The standard InChI is InChI=1S/C4H10N2.C3H4O4.2C2H4O2.Pt/c5-3-1-2-4-6;4-2(5)1-3(6)7;2*1-2(3)4;/h5-6H,1-4H2;1H2,(H,4,5)(H,6,7);2*1H3,(H,3,4);/q-2;;;;+2. The molecule has 0 rings (SSSR count). The van der Waals surface area contributed by atoms with Gasteiger partial charge in [-0.25, -0.2) is 0 Å². The molecule has 0 saturated carbocycles. The van der Waals surface area contributed by atoms with Gasteiger partial charge in [-0.15, -0.1) is 0 Å². The first-order valence-electron chi connectivity index (χ1n) is 5.63. The second-order valence-electron chi connectivity index (χ2n) is 3.21. The van der Waals surface area contributed by atoms with Gasteiger partial charge < -0.3 is 31.9 Å². The first-order chi connectivity index (χ1) is 9.50. The molecule has 0 aromatic rings. The van der Waals surface area contributed by atoms with Crippen LogP contribution in [0.4, 0.5) is 0 Å². The Morgan fingerprint density at radius 2 is 0.909 bits per heavy atom. The van der Waals surface area contributed by atoms with Crippen LogP contribution in [-0.4, -0.2) is 57.4 Å². The molecular formula is C11H22N2O8Pt. The zero-order chi connectivity index (χ0) is 17.8. The zero-order valence-electron chi connectivity index (χ0n) is 12.3. The van der Waals surface area contributed by atoms with Crippen LogP contribution in [0.5, 0.6) is 0 Å². The monoisotopic (exact) mass is 505 g/mol. The number of nitrogens with one attached hydrogen (secondary N) is 2. The predicted molar refractivity (Wildman–Crippen MR) is 74.1 cm³/mol. The summed E-state index contributed by atoms with van der Waals surface area (Å²) in [5, 5.41) is 30.2. The van der Waals surface area contributed by atoms with Crippen molar-refractivity contribution >= 4 is 23.9 Å². The molecule has 6 N–H and O–H groups in total. The average Bonchev–Trinajstić information content (AvgIpc) is 2.23. The van der Waals surface area contributed by atoms with Gasteiger partial charge in [-0.3, -0.25) is 19.2 Å². The summed E-state index contributed by atoms with van der Waals surface area (Å²) in [6.45, 7) is 3.14. The number of rotatable bonds is 5. The van der Waals surface area contributed by atoms with Gasteiger partial charge in [0, 0.05) is 13.8 Å². The third kappa shape index (κ3) is 188. The Hall–Kier alpha value is -1.51. The van der Waals surface area contributed by atoms with E-state index in [0.717, 1.165) is 26.7 Å². The van der Waals surface area contributed by atoms with Crippen molar-refractivity contribution in [2.45, 2.75) is 33.1 Å². The zero-order valence-corrected chi connectivity index (χ0v) is 14.5. The van der Waals surface area contributed by atoms with E-state index in [-0.39, 0.29) is 21.1 Å². The Labute approximate surface area is 142 Å². The first-order valence-corrected chi connectivity index (χ1v) is 5.63. The minimum Gasteiger partial charge on any atom is -0.677 e. The van der Waals surface area contributed by atoms with E-state index in [2.05, 4.69) is 0 Å². The largest absolute Gasteiger partial charge is 2.00 e. The van der Waals surface area contributed by atoms with Crippen LogP contribution in [0.1, 0.15) is 33.1 Å². The molecule has 0 heterocycles. The van der Waals surface area contributed by atoms with Gasteiger partial charge in [0.05, 0.1) is 0 Å². The van der Waals surface area contributed by atoms with Crippen molar-refractivity contribution in [3.63, 3.8) is 0 Å². The summed E-state index contributed by atoms with van der Waals surface area (Å²) in [5.74, 6) is -4.29. The molecule has 0 spiro atoms. The van der Waals surface area contributed by atoms with E-state index < -0.39 is 30.3 Å². The normalized spacial score (nSPS) is 7.27. The van der Waals surface area contributed by atoms with Gasteiger partial charge in [0.1, 0.15) is 6.42 Å². The molecule has 0 aliphatic carbocycles. The number of carbonyl (C=O) groups is 4. The summed E-state index contributed by atoms with van der Waals surface area (Å²) in [5.41, 5.74) is 13.2. The maximum Gasteiger partial charge on any atom is 2.00 e. The number of unbranched alkanes of at least 4 members (excludes halogenated alkanes) is 1. The van der Waals surface area contributed by atoms with E-state index >= 15 is 0 Å². The van der Waals surface area contributed by atoms with E-state index in [0.29, 0.717) is 13.1 Å². The molecule has 0 bridgehead atoms. The Kier molecular flexibility index (Phi) is 40.9. The summed E-state index contributed by atoms with van der Waals surface area (Å²) in [6.07, 6.45) is 0.979. The van der Waals surface area contributed by atoms with Crippen LogP contribution in [0.3, 0.4) is 0 Å². The van der Waals surface area contributed by atoms with Crippen molar-refractivity contribution < 1.29 is 60.7 Å². The maximum atomic E-state index is 9.43. The van der Waals surface area contributed by atoms with Crippen molar-refractivity contribution in [1.29, 1.82) is 0 Å². The quantitative estimate of drug-likeness (QED) is 0.319. The van der Waals surface area contributed by atoms with E-state index in [4.69, 9.17) is 41.5 Å². The summed E-state index contributed by atoms with van der Waals surface area (Å²) in [4.78, 5) is 36.9. The van der Waals surface area contributed by atoms with Crippen molar-refractivity contribution in [2.24, 2.45) is 0 Å². The van der Waals surface area contributed by atoms with E-state index in [9.17, 15) is 9.59 Å². The van der Waals surface area contributed by atoms with Gasteiger partial charge >= 0.3 is 33.0 Å². The predicted octanol–water partition coefficient (Wildman–Crippen LogP) is 1.60. The molecule has 134 valence electrons. The number of hydrogen-bond acceptors (Lipinski definition) is 4. The number of hydrogen-bond donors (Lipinski definition) is 4. The molecule has 0 unspecified atom stereocenters. The SMILES string of the molecule is CC(=O)O.CC(=O)O.O=C(O)CC(=O)O.[NH-]CCCC[NH-].[Pt+2]. The third-order valence-electron chi connectivity index (χ3n) is 0.906. The van der Waals surface area contributed by atoms with E-state index in [1.54, 1.807) is 0 Å². The second kappa shape index (κ2) is 27.8. The van der Waals surface area contributed by atoms with Gasteiger partial charge in [0.15, 0.2) is 0 Å². The molecule has 0 aromatic heterocycles. The van der Waals surface area contributed by atoms with Crippen LogP contribution in [0.15, 0.2) is 0 Å². The Balaban J connectivity index is -0.0000000593. The summed E-state index contributed by atoms with van der Waals surface area (Å²) in [7, 11) is 0. The molecule has 10 nitrogen and oxygen atoms in total. The van der Waals surface area contributed by atoms with Gasteiger partial charge in [0.2, 0.25) is 0 Å². The fourth-order valence-electron chi connectivity index (χ4n) is 0.379. The van der Waals surface area contributed by atoms with Gasteiger partial charge in [-0.1, -0.05) is 12.8 Å². The molecule has 0 radical (unpaired) electrons. The topological polar surface area (TPSA) is 197 Å². The van der Waals surface area contributed by atoms with E-state index in [1.165, 1.54) is 0 Å². The number of carboxylic acids is 4. The molecule has 11 heteroatoms. The van der Waals surface area contributed by atoms with Crippen LogP contribution in [0.2, 0.25) is 0 Å². The van der Waals surface area contributed by atoms with Crippen molar-refractivity contribution in [3.05, 3.63) is 11.5 Å². The summed E-state index contributed by atoms with van der Waals surface area (Å²) in [6, 6.07) is 0. The van der Waals surface area contributed by atoms with Crippen molar-refractivity contribution in [3.8, 4) is 0 Å². The van der Waals surface area contributed by atoms with Gasteiger partial charge in [0.25, 0.3) is 11.9 Å². The second-order valence-corrected chi connectivity index (χ2v) is 3.21. The molecule has 0 fully saturated rings. The van der Waals surface area contributed by atoms with Crippen LogP contribution in [0.25, 0.3) is 11.5 Å². The molecule has 0 aliphatic rings. The average molecular weight is 505 g/mol. The molecule has 0 atom stereocenters. The van der Waals surface area contributed by atoms with Crippen LogP contribution in [0, 0.1) is 0 Å². The van der Waals surface area contributed by atoms with Crippen molar-refractivity contribution in [1.82, 2.24) is 0 Å². The smallest absolute Gasteiger partial charge is 0.677 e. The van der Waals surface area contributed by atoms with Gasteiger partial charge in [-0.05, 0) is 0 Å². The van der Waals surface area contributed by atoms with Crippen LogP contribution in [-0.2, 0) is 40.2 Å². The molecular weight excluding hydrogens is 483 g/mol. The Morgan fingerprint density at radius 3 is 0.955 bits per heavy atom. The Morgan fingerprint density at radius 1 is 0.727 bits per heavy atom. The van der Waals surface area contributed by atoms with Crippen molar-refractivity contribution in [2.75, 3.05) is 13.1 Å². The summed E-state index contributed by atoms with van der Waals surface area (Å²) < 4.78 is 0. The minimum atomic E-state index is -1.31. The fraction of sp³-hybridized carbons (Fsp3) is 0.636. The third-order valence-corrected chi connectivity index (χ3v) is 0.906. The molecule has 0 saturated heterocycles. The summed E-state index contributed by atoms with van der Waals surface area (Å²) >= 11 is 0. The maximum absolute atomic E-state index is 9.43. The van der Waals surface area contributed by atoms with Crippen LogP contribution >= 0.6 is 0 Å². The first kappa shape index (κ1) is 32.4. The Bertz CT molecular complexity index is 264. The molecule has 0 aromatic carbocycles. The van der Waals surface area contributed by atoms with Gasteiger partial charge in [-0.2, -0.15) is 13.1 Å². The molecule has 0 amide bonds. The van der Waals surface area contributed by atoms with E-state index in [1.807, 2.05) is 0 Å². The fourth-order valence-corrected chi connectivity index (χ4v) is 0.379. The number of carboxylic acid groups (broad SMARTS) is 4. The number of aliphatic carboxylic acids is 4. The molecule has 22 heavy (non-hydrogen) atoms. The van der Waals surface area contributed by atoms with Crippen LogP contribution < -0.4 is 0 Å². The molecule has 0 aliphatic heterocycles.